The summed E-state index contributed by atoms with van der Waals surface area (Å²) < 4.78 is 36.3. The van der Waals surface area contributed by atoms with Gasteiger partial charge in [-0.2, -0.15) is 8.78 Å². The molecule has 8 nitrogen and oxygen atoms in total. The average molecular weight is 424 g/mol. The van der Waals surface area contributed by atoms with Crippen molar-refractivity contribution in [2.24, 2.45) is 12.0 Å². The van der Waals surface area contributed by atoms with Gasteiger partial charge in [-0.15, -0.1) is 10.2 Å². The fourth-order valence-corrected chi connectivity index (χ4v) is 2.69. The van der Waals surface area contributed by atoms with Gasteiger partial charge >= 0.3 is 6.61 Å². The molecule has 0 aliphatic rings. The molecule has 0 saturated heterocycles. The van der Waals surface area contributed by atoms with Crippen LogP contribution in [-0.4, -0.2) is 59.0 Å². The van der Waals surface area contributed by atoms with Gasteiger partial charge in [-0.05, 0) is 38.0 Å². The number of nitrogens with zero attached hydrogens (tertiary/aromatic N) is 5. The molecule has 1 aromatic heterocycles. The minimum Gasteiger partial charge on any atom is -0.435 e. The summed E-state index contributed by atoms with van der Waals surface area (Å²) in [5, 5.41) is 11.6. The first kappa shape index (κ1) is 23.5. The van der Waals surface area contributed by atoms with Crippen LogP contribution in [0.25, 0.3) is 0 Å². The van der Waals surface area contributed by atoms with Gasteiger partial charge in [0.25, 0.3) is 0 Å². The van der Waals surface area contributed by atoms with Crippen LogP contribution in [0.1, 0.15) is 30.6 Å². The van der Waals surface area contributed by atoms with Crippen molar-refractivity contribution in [2.75, 3.05) is 26.8 Å². The Morgan fingerprint density at radius 2 is 2.00 bits per heavy atom. The molecule has 0 fully saturated rings. The molecular weight excluding hydrogens is 394 g/mol. The van der Waals surface area contributed by atoms with E-state index >= 15 is 0 Å². The van der Waals surface area contributed by atoms with Crippen LogP contribution in [0.5, 0.6) is 5.75 Å². The second kappa shape index (κ2) is 12.1. The first-order valence-corrected chi connectivity index (χ1v) is 9.86. The highest BCUT2D eigenvalue weighted by Gasteiger charge is 2.10. The number of aryl methyl sites for hydroxylation is 1. The first-order valence-electron chi connectivity index (χ1n) is 9.86. The molecule has 1 aromatic carbocycles. The molecule has 0 spiro atoms. The molecule has 1 N–H and O–H groups in total. The predicted molar refractivity (Wildman–Crippen MR) is 111 cm³/mol. The van der Waals surface area contributed by atoms with Crippen molar-refractivity contribution in [1.29, 1.82) is 0 Å². The number of ether oxygens (including phenoxy) is 2. The highest BCUT2D eigenvalue weighted by Crippen LogP contribution is 2.16. The van der Waals surface area contributed by atoms with Crippen LogP contribution in [0, 0.1) is 6.92 Å². The number of rotatable bonds is 11. The third kappa shape index (κ3) is 7.58. The van der Waals surface area contributed by atoms with Crippen LogP contribution in [-0.2, 0) is 24.9 Å². The van der Waals surface area contributed by atoms with E-state index in [1.165, 1.54) is 12.1 Å². The van der Waals surface area contributed by atoms with E-state index in [1.807, 2.05) is 37.4 Å². The minimum absolute atomic E-state index is 0.136. The Labute approximate surface area is 175 Å². The summed E-state index contributed by atoms with van der Waals surface area (Å²) in [6.07, 6.45) is 0.851. The van der Waals surface area contributed by atoms with E-state index in [0.29, 0.717) is 38.8 Å². The molecule has 2 rings (SSSR count). The van der Waals surface area contributed by atoms with E-state index in [0.717, 1.165) is 23.6 Å². The van der Waals surface area contributed by atoms with Crippen LogP contribution < -0.4 is 10.1 Å². The molecule has 0 amide bonds. The van der Waals surface area contributed by atoms with Gasteiger partial charge in [0.2, 0.25) is 0 Å². The lowest BCUT2D eigenvalue weighted by Crippen LogP contribution is -2.39. The molecule has 166 valence electrons. The van der Waals surface area contributed by atoms with Gasteiger partial charge in [-0.3, -0.25) is 0 Å². The molecule has 0 aliphatic heterocycles. The van der Waals surface area contributed by atoms with Crippen molar-refractivity contribution < 1.29 is 18.3 Å². The number of aromatic nitrogens is 3. The van der Waals surface area contributed by atoms with Gasteiger partial charge in [0.15, 0.2) is 11.8 Å². The molecule has 0 bridgehead atoms. The van der Waals surface area contributed by atoms with E-state index in [-0.39, 0.29) is 5.75 Å². The lowest BCUT2D eigenvalue weighted by molar-refractivity contribution is -0.0498. The zero-order chi connectivity index (χ0) is 21.9. The quantitative estimate of drug-likeness (QED) is 0.340. The fraction of sp³-hybridized carbons (Fsp3) is 0.550. The van der Waals surface area contributed by atoms with E-state index < -0.39 is 6.61 Å². The van der Waals surface area contributed by atoms with Crippen molar-refractivity contribution in [3.63, 3.8) is 0 Å². The monoisotopic (exact) mass is 424 g/mol. The number of benzene rings is 1. The molecule has 2 aromatic rings. The highest BCUT2D eigenvalue weighted by atomic mass is 19.3. The smallest absolute Gasteiger partial charge is 0.387 e. The van der Waals surface area contributed by atoms with Crippen molar-refractivity contribution in [3.8, 4) is 5.75 Å². The Kier molecular flexibility index (Phi) is 9.46. The van der Waals surface area contributed by atoms with Crippen molar-refractivity contribution in [1.82, 2.24) is 25.0 Å². The lowest BCUT2D eigenvalue weighted by Gasteiger charge is -2.23. The summed E-state index contributed by atoms with van der Waals surface area (Å²) in [5.41, 5.74) is 0.942. The van der Waals surface area contributed by atoms with Gasteiger partial charge in [-0.1, -0.05) is 12.1 Å². The molecule has 0 radical (unpaired) electrons. The highest BCUT2D eigenvalue weighted by molar-refractivity contribution is 5.79. The van der Waals surface area contributed by atoms with Crippen LogP contribution in [0.3, 0.4) is 0 Å². The Balaban J connectivity index is 2.03. The van der Waals surface area contributed by atoms with E-state index in [4.69, 9.17) is 4.74 Å². The molecule has 1 heterocycles. The second-order valence-corrected chi connectivity index (χ2v) is 6.72. The molecule has 0 unspecified atom stereocenters. The topological polar surface area (TPSA) is 76.8 Å². The van der Waals surface area contributed by atoms with E-state index in [9.17, 15) is 8.78 Å². The zero-order valence-corrected chi connectivity index (χ0v) is 17.9. The van der Waals surface area contributed by atoms with Crippen LogP contribution >= 0.6 is 0 Å². The molecule has 0 saturated carbocycles. The molecular formula is C20H30F2N6O2. The zero-order valence-electron chi connectivity index (χ0n) is 17.9. The van der Waals surface area contributed by atoms with Crippen LogP contribution in [0.4, 0.5) is 8.78 Å². The van der Waals surface area contributed by atoms with Crippen molar-refractivity contribution in [2.45, 2.75) is 40.0 Å². The summed E-state index contributed by atoms with van der Waals surface area (Å²) in [5.74, 6) is 2.44. The number of aliphatic imine (C=N–C) groups is 1. The van der Waals surface area contributed by atoms with Crippen molar-refractivity contribution in [3.05, 3.63) is 41.5 Å². The number of halogens is 2. The third-order valence-corrected chi connectivity index (χ3v) is 4.44. The van der Waals surface area contributed by atoms with Gasteiger partial charge in [0.1, 0.15) is 18.1 Å². The number of guanidine groups is 1. The van der Waals surface area contributed by atoms with Gasteiger partial charge < -0.3 is 24.3 Å². The summed E-state index contributed by atoms with van der Waals surface area (Å²) in [7, 11) is 3.82. The van der Waals surface area contributed by atoms with Crippen molar-refractivity contribution >= 4 is 5.96 Å². The number of hydrogen-bond donors (Lipinski definition) is 1. The Bertz CT molecular complexity index is 795. The Morgan fingerprint density at radius 3 is 2.60 bits per heavy atom. The summed E-state index contributed by atoms with van der Waals surface area (Å²) in [6.45, 7) is 4.03. The van der Waals surface area contributed by atoms with Gasteiger partial charge in [-0.25, -0.2) is 4.99 Å². The SMILES string of the molecule is CCOCCCNC(=NCc1nnc(C)n1C)N(C)Cc1ccc(OC(F)F)cc1. The lowest BCUT2D eigenvalue weighted by atomic mass is 10.2. The third-order valence-electron chi connectivity index (χ3n) is 4.44. The van der Waals surface area contributed by atoms with Gasteiger partial charge in [0, 0.05) is 40.4 Å². The Hall–Kier alpha value is -2.75. The normalized spacial score (nSPS) is 11.8. The average Bonchev–Trinajstić information content (AvgIpc) is 3.03. The largest absolute Gasteiger partial charge is 0.435 e. The van der Waals surface area contributed by atoms with E-state index in [2.05, 4.69) is 25.2 Å². The minimum atomic E-state index is -2.83. The van der Waals surface area contributed by atoms with Gasteiger partial charge in [0.05, 0.1) is 0 Å². The molecule has 0 atom stereocenters. The fourth-order valence-electron chi connectivity index (χ4n) is 2.69. The Morgan fingerprint density at radius 1 is 1.27 bits per heavy atom. The number of alkyl halides is 2. The standard InChI is InChI=1S/C20H30F2N6O2/c1-5-29-12-6-11-23-20(24-13-18-26-25-15(2)28(18)4)27(3)14-16-7-9-17(10-8-16)30-19(21)22/h7-10,19H,5-6,11-14H2,1-4H3,(H,23,24). The number of nitrogens with one attached hydrogen (secondary N) is 1. The van der Waals surface area contributed by atoms with Crippen LogP contribution in [0.2, 0.25) is 0 Å². The molecule has 0 aliphatic carbocycles. The summed E-state index contributed by atoms with van der Waals surface area (Å²) in [6, 6.07) is 6.58. The molecule has 10 heteroatoms. The second-order valence-electron chi connectivity index (χ2n) is 6.72. The predicted octanol–water partition coefficient (Wildman–Crippen LogP) is 2.73. The maximum Gasteiger partial charge on any atom is 0.387 e. The number of hydrogen-bond acceptors (Lipinski definition) is 5. The first-order chi connectivity index (χ1) is 14.4. The van der Waals surface area contributed by atoms with E-state index in [1.54, 1.807) is 12.1 Å². The van der Waals surface area contributed by atoms with Crippen LogP contribution in [0.15, 0.2) is 29.3 Å². The molecule has 30 heavy (non-hydrogen) atoms. The maximum absolute atomic E-state index is 12.3. The summed E-state index contributed by atoms with van der Waals surface area (Å²) >= 11 is 0. The maximum atomic E-state index is 12.3. The summed E-state index contributed by atoms with van der Waals surface area (Å²) in [4.78, 5) is 6.65.